The molecule has 0 bridgehead atoms. The van der Waals surface area contributed by atoms with Crippen LogP contribution in [-0.2, 0) is 10.0 Å². The second-order valence-corrected chi connectivity index (χ2v) is 6.33. The number of aromatic amines is 1. The first-order chi connectivity index (χ1) is 7.25. The number of hydrogen-bond donors (Lipinski definition) is 1. The maximum Gasteiger partial charge on any atom is 0.305 e. The first-order valence-corrected chi connectivity index (χ1v) is 6.45. The van der Waals surface area contributed by atoms with E-state index in [0.717, 1.165) is 7.05 Å². The Kier molecular flexibility index (Phi) is 3.81. The molecule has 0 saturated carbocycles. The highest BCUT2D eigenvalue weighted by molar-refractivity contribution is 7.91. The van der Waals surface area contributed by atoms with Crippen LogP contribution in [0.5, 0.6) is 0 Å². The number of alkyl halides is 2. The number of aromatic nitrogens is 1. The molecule has 1 heterocycles. The third-order valence-electron chi connectivity index (χ3n) is 1.82. The zero-order chi connectivity index (χ0) is 12.5. The molecule has 0 aliphatic carbocycles. The summed E-state index contributed by atoms with van der Waals surface area (Å²) in [6.45, 7) is 0.509. The predicted molar refractivity (Wildman–Crippen MR) is 55.5 cm³/mol. The number of hydrogen-bond acceptors (Lipinski definition) is 4. The van der Waals surface area contributed by atoms with Gasteiger partial charge in [0.1, 0.15) is 0 Å². The Labute approximate surface area is 94.8 Å². The van der Waals surface area contributed by atoms with Crippen LogP contribution >= 0.6 is 11.3 Å². The van der Waals surface area contributed by atoms with Crippen LogP contribution in [0.15, 0.2) is 9.00 Å². The van der Waals surface area contributed by atoms with Gasteiger partial charge in [-0.15, -0.1) is 0 Å². The van der Waals surface area contributed by atoms with Gasteiger partial charge in [-0.3, -0.25) is 4.79 Å². The van der Waals surface area contributed by atoms with Crippen LogP contribution in [0, 0.1) is 6.92 Å². The smallest absolute Gasteiger partial charge is 0.305 e. The van der Waals surface area contributed by atoms with Crippen LogP contribution in [0.3, 0.4) is 0 Å². The van der Waals surface area contributed by atoms with Crippen molar-refractivity contribution in [3.8, 4) is 0 Å². The topological polar surface area (TPSA) is 70.2 Å². The lowest BCUT2D eigenvalue weighted by atomic mass is 10.6. The van der Waals surface area contributed by atoms with Gasteiger partial charge in [0, 0.05) is 12.7 Å². The van der Waals surface area contributed by atoms with Crippen LogP contribution in [0.1, 0.15) is 5.69 Å². The highest BCUT2D eigenvalue weighted by atomic mass is 32.2. The molecule has 0 radical (unpaired) electrons. The molecule has 1 aromatic rings. The molecule has 0 atom stereocenters. The van der Waals surface area contributed by atoms with E-state index in [1.165, 1.54) is 6.92 Å². The lowest BCUT2D eigenvalue weighted by Gasteiger charge is -2.15. The Morgan fingerprint density at radius 3 is 2.44 bits per heavy atom. The van der Waals surface area contributed by atoms with Gasteiger partial charge in [-0.25, -0.2) is 17.2 Å². The minimum atomic E-state index is -4.00. The molecule has 16 heavy (non-hydrogen) atoms. The molecular weight excluding hydrogens is 262 g/mol. The third kappa shape index (κ3) is 2.66. The van der Waals surface area contributed by atoms with Crippen LogP contribution in [0.2, 0.25) is 0 Å². The van der Waals surface area contributed by atoms with Crippen molar-refractivity contribution in [1.82, 2.24) is 9.29 Å². The van der Waals surface area contributed by atoms with Crippen LogP contribution in [-0.4, -0.2) is 37.7 Å². The molecule has 92 valence electrons. The molecular formula is C7H10F2N2O3S2. The first kappa shape index (κ1) is 13.3. The summed E-state index contributed by atoms with van der Waals surface area (Å²) in [6.07, 6.45) is -2.75. The van der Waals surface area contributed by atoms with E-state index < -0.39 is 27.9 Å². The Hall–Kier alpha value is -0.800. The maximum atomic E-state index is 12.1. The molecule has 1 rings (SSSR count). The molecule has 9 heteroatoms. The number of nitrogens with zero attached hydrogens (tertiary/aromatic N) is 1. The van der Waals surface area contributed by atoms with Gasteiger partial charge < -0.3 is 4.98 Å². The Bertz CT molecular complexity index is 520. The second-order valence-electron chi connectivity index (χ2n) is 3.10. The van der Waals surface area contributed by atoms with E-state index in [1.54, 1.807) is 0 Å². The van der Waals surface area contributed by atoms with Crippen molar-refractivity contribution in [2.24, 2.45) is 0 Å². The van der Waals surface area contributed by atoms with Gasteiger partial charge in [0.25, 0.3) is 16.4 Å². The number of H-pyrrole nitrogens is 1. The van der Waals surface area contributed by atoms with Gasteiger partial charge in [-0.05, 0) is 6.92 Å². The summed E-state index contributed by atoms with van der Waals surface area (Å²) in [5, 5.41) is 0. The summed E-state index contributed by atoms with van der Waals surface area (Å²) in [4.78, 5) is 12.7. The molecule has 1 aromatic heterocycles. The van der Waals surface area contributed by atoms with E-state index in [-0.39, 0.29) is 9.90 Å². The summed E-state index contributed by atoms with van der Waals surface area (Å²) in [6, 6.07) is 0. The molecule has 0 fully saturated rings. The van der Waals surface area contributed by atoms with E-state index in [2.05, 4.69) is 4.98 Å². The monoisotopic (exact) mass is 272 g/mol. The number of rotatable bonds is 4. The van der Waals surface area contributed by atoms with E-state index in [1.807, 2.05) is 0 Å². The fourth-order valence-corrected chi connectivity index (χ4v) is 3.71. The average Bonchev–Trinajstić information content (AvgIpc) is 2.44. The molecule has 0 aliphatic heterocycles. The second kappa shape index (κ2) is 4.60. The van der Waals surface area contributed by atoms with Crippen LogP contribution in [0.4, 0.5) is 8.78 Å². The van der Waals surface area contributed by atoms with Crippen molar-refractivity contribution in [1.29, 1.82) is 0 Å². The number of thiazole rings is 1. The summed E-state index contributed by atoms with van der Waals surface area (Å²) in [7, 11) is -2.96. The molecule has 0 unspecified atom stereocenters. The highest BCUT2D eigenvalue weighted by Crippen LogP contribution is 2.20. The first-order valence-electron chi connectivity index (χ1n) is 4.19. The molecule has 0 saturated heterocycles. The van der Waals surface area contributed by atoms with E-state index in [0.29, 0.717) is 15.6 Å². The Balaban J connectivity index is 3.12. The maximum absolute atomic E-state index is 12.1. The Morgan fingerprint density at radius 2 is 2.06 bits per heavy atom. The van der Waals surface area contributed by atoms with Gasteiger partial charge in [-0.1, -0.05) is 11.3 Å². The van der Waals surface area contributed by atoms with Gasteiger partial charge in [0.2, 0.25) is 0 Å². The van der Waals surface area contributed by atoms with Crippen molar-refractivity contribution < 1.29 is 17.2 Å². The van der Waals surface area contributed by atoms with Crippen molar-refractivity contribution in [3.05, 3.63) is 15.4 Å². The lowest BCUT2D eigenvalue weighted by Crippen LogP contribution is -2.31. The van der Waals surface area contributed by atoms with Gasteiger partial charge in [0.05, 0.1) is 6.54 Å². The molecule has 0 aromatic carbocycles. The molecule has 0 aliphatic rings. The molecule has 1 N–H and O–H groups in total. The minimum Gasteiger partial charge on any atom is -0.315 e. The summed E-state index contributed by atoms with van der Waals surface area (Å²) in [5.41, 5.74) is 0.163. The van der Waals surface area contributed by atoms with Crippen molar-refractivity contribution in [2.75, 3.05) is 13.6 Å². The standard InChI is InChI=1S/C7H10F2N2O3S2/c1-4-6(15-7(12)10-4)16(13,14)11(2)3-5(8)9/h5H,3H2,1-2H3,(H,10,12). The fraction of sp³-hybridized carbons (Fsp3) is 0.571. The molecule has 0 amide bonds. The van der Waals surface area contributed by atoms with Gasteiger partial charge in [0.15, 0.2) is 4.21 Å². The van der Waals surface area contributed by atoms with Crippen LogP contribution < -0.4 is 4.87 Å². The van der Waals surface area contributed by atoms with Gasteiger partial charge in [-0.2, -0.15) is 4.31 Å². The molecule has 0 spiro atoms. The largest absolute Gasteiger partial charge is 0.315 e. The number of nitrogens with one attached hydrogen (secondary N) is 1. The quantitative estimate of drug-likeness (QED) is 0.874. The van der Waals surface area contributed by atoms with E-state index in [9.17, 15) is 22.0 Å². The summed E-state index contributed by atoms with van der Waals surface area (Å²) in [5.74, 6) is 0. The lowest BCUT2D eigenvalue weighted by molar-refractivity contribution is 0.126. The van der Waals surface area contributed by atoms with E-state index >= 15 is 0 Å². The van der Waals surface area contributed by atoms with Gasteiger partial charge >= 0.3 is 4.87 Å². The summed E-state index contributed by atoms with van der Waals surface area (Å²) >= 11 is 0.491. The minimum absolute atomic E-state index is 0.163. The SMILES string of the molecule is Cc1[nH]c(=O)sc1S(=O)(=O)N(C)CC(F)F. The number of sulfonamides is 1. The highest BCUT2D eigenvalue weighted by Gasteiger charge is 2.27. The predicted octanol–water partition coefficient (Wildman–Crippen LogP) is 0.630. The normalized spacial score (nSPS) is 12.6. The summed E-state index contributed by atoms with van der Waals surface area (Å²) < 4.78 is 47.9. The van der Waals surface area contributed by atoms with Crippen molar-refractivity contribution >= 4 is 21.4 Å². The number of halogens is 2. The third-order valence-corrected chi connectivity index (χ3v) is 5.23. The fourth-order valence-electron chi connectivity index (χ4n) is 1.07. The van der Waals surface area contributed by atoms with E-state index in [4.69, 9.17) is 0 Å². The zero-order valence-electron chi connectivity index (χ0n) is 8.53. The number of aryl methyl sites for hydroxylation is 1. The van der Waals surface area contributed by atoms with Crippen LogP contribution in [0.25, 0.3) is 0 Å². The average molecular weight is 272 g/mol. The van der Waals surface area contributed by atoms with Crippen molar-refractivity contribution in [2.45, 2.75) is 17.6 Å². The Morgan fingerprint density at radius 1 is 1.50 bits per heavy atom. The molecule has 5 nitrogen and oxygen atoms in total. The zero-order valence-corrected chi connectivity index (χ0v) is 10.2. The van der Waals surface area contributed by atoms with Crippen molar-refractivity contribution in [3.63, 3.8) is 0 Å².